The van der Waals surface area contributed by atoms with E-state index in [9.17, 15) is 9.59 Å². The molecule has 0 spiro atoms. The Kier molecular flexibility index (Phi) is 5.49. The largest absolute Gasteiger partial charge is 0.356 e. The molecule has 1 aromatic carbocycles. The first kappa shape index (κ1) is 19.4. The van der Waals surface area contributed by atoms with Crippen LogP contribution in [-0.2, 0) is 11.2 Å². The molecule has 7 heteroatoms. The molecule has 4 rings (SSSR count). The number of aromatic nitrogens is 2. The van der Waals surface area contributed by atoms with E-state index >= 15 is 0 Å². The lowest BCUT2D eigenvalue weighted by Crippen LogP contribution is -2.45. The van der Waals surface area contributed by atoms with Crippen molar-refractivity contribution in [1.29, 1.82) is 0 Å². The predicted molar refractivity (Wildman–Crippen MR) is 114 cm³/mol. The Labute approximate surface area is 173 Å². The Balaban J connectivity index is 1.54. The van der Waals surface area contributed by atoms with Gasteiger partial charge in [-0.25, -0.2) is 0 Å². The Morgan fingerprint density at radius 3 is 2.69 bits per heavy atom. The van der Waals surface area contributed by atoms with Crippen LogP contribution < -0.4 is 5.32 Å². The van der Waals surface area contributed by atoms with Gasteiger partial charge >= 0.3 is 0 Å². The first-order chi connectivity index (χ1) is 14.1. The molecule has 3 heterocycles. The van der Waals surface area contributed by atoms with Gasteiger partial charge in [0.15, 0.2) is 0 Å². The Morgan fingerprint density at radius 2 is 2.03 bits per heavy atom. The maximum atomic E-state index is 13.0. The fourth-order valence-corrected chi connectivity index (χ4v) is 4.65. The zero-order valence-corrected chi connectivity index (χ0v) is 17.2. The van der Waals surface area contributed by atoms with Crippen LogP contribution >= 0.6 is 11.3 Å². The fraction of sp³-hybridized carbons (Fsp3) is 0.318. The summed E-state index contributed by atoms with van der Waals surface area (Å²) >= 11 is 1.68. The molecule has 2 amide bonds. The fourth-order valence-electron chi connectivity index (χ4n) is 3.98. The average molecular weight is 409 g/mol. The number of hydrogen-bond donors (Lipinski definition) is 2. The molecule has 1 fully saturated rings. The number of H-pyrrole nitrogens is 1. The molecule has 1 aliphatic rings. The summed E-state index contributed by atoms with van der Waals surface area (Å²) in [6.45, 7) is 3.46. The number of rotatable bonds is 6. The highest BCUT2D eigenvalue weighted by molar-refractivity contribution is 7.08. The zero-order valence-electron chi connectivity index (χ0n) is 16.4. The van der Waals surface area contributed by atoms with Crippen molar-refractivity contribution in [2.24, 2.45) is 5.41 Å². The predicted octanol–water partition coefficient (Wildman–Crippen LogP) is 3.35. The lowest BCUT2D eigenvalue weighted by atomic mass is 9.79. The van der Waals surface area contributed by atoms with E-state index in [2.05, 4.69) is 56.6 Å². The van der Waals surface area contributed by atoms with Crippen LogP contribution in [-0.4, -0.2) is 46.5 Å². The number of hydrogen-bond acceptors (Lipinski definition) is 4. The van der Waals surface area contributed by atoms with Crippen LogP contribution in [0.4, 0.5) is 0 Å². The summed E-state index contributed by atoms with van der Waals surface area (Å²) in [5.41, 5.74) is 3.32. The molecule has 2 N–H and O–H groups in total. The molecule has 1 saturated heterocycles. The SMILES string of the molecule is CCNC(=O)[C@]1(Cc2ccc(-c3ccsc3)cc2)CCN(C(=O)c2ccn[nH]2)C1. The number of aromatic amines is 1. The van der Waals surface area contributed by atoms with Crippen molar-refractivity contribution in [3.8, 4) is 11.1 Å². The van der Waals surface area contributed by atoms with Gasteiger partial charge in [0.05, 0.1) is 5.41 Å². The highest BCUT2D eigenvalue weighted by Gasteiger charge is 2.46. The van der Waals surface area contributed by atoms with E-state index in [1.54, 1.807) is 28.5 Å². The normalized spacial score (nSPS) is 18.7. The molecule has 0 unspecified atom stereocenters. The van der Waals surface area contributed by atoms with Crippen LogP contribution in [0.5, 0.6) is 0 Å². The number of likely N-dealkylation sites (tertiary alicyclic amines) is 1. The molecule has 0 bridgehead atoms. The van der Waals surface area contributed by atoms with Gasteiger partial charge in [-0.3, -0.25) is 14.7 Å². The van der Waals surface area contributed by atoms with Crippen molar-refractivity contribution in [1.82, 2.24) is 20.4 Å². The van der Waals surface area contributed by atoms with Crippen molar-refractivity contribution in [3.05, 3.63) is 64.6 Å². The summed E-state index contributed by atoms with van der Waals surface area (Å²) < 4.78 is 0. The number of nitrogens with one attached hydrogen (secondary N) is 2. The second-order valence-corrected chi connectivity index (χ2v) is 8.25. The van der Waals surface area contributed by atoms with Gasteiger partial charge in [-0.05, 0) is 59.3 Å². The third kappa shape index (κ3) is 3.96. The minimum absolute atomic E-state index is 0.0156. The smallest absolute Gasteiger partial charge is 0.271 e. The quantitative estimate of drug-likeness (QED) is 0.657. The number of nitrogens with zero attached hydrogens (tertiary/aromatic N) is 2. The topological polar surface area (TPSA) is 78.1 Å². The number of benzene rings is 1. The van der Waals surface area contributed by atoms with Crippen molar-refractivity contribution in [2.75, 3.05) is 19.6 Å². The summed E-state index contributed by atoms with van der Waals surface area (Å²) in [7, 11) is 0. The summed E-state index contributed by atoms with van der Waals surface area (Å²) in [6.07, 6.45) is 2.82. The van der Waals surface area contributed by atoms with E-state index in [4.69, 9.17) is 0 Å². The molecule has 0 aliphatic carbocycles. The highest BCUT2D eigenvalue weighted by Crippen LogP contribution is 2.36. The van der Waals surface area contributed by atoms with Crippen LogP contribution in [0.1, 0.15) is 29.4 Å². The molecule has 6 nitrogen and oxygen atoms in total. The van der Waals surface area contributed by atoms with Gasteiger partial charge in [0.2, 0.25) is 5.91 Å². The van der Waals surface area contributed by atoms with Gasteiger partial charge < -0.3 is 10.2 Å². The van der Waals surface area contributed by atoms with Crippen molar-refractivity contribution < 1.29 is 9.59 Å². The highest BCUT2D eigenvalue weighted by atomic mass is 32.1. The van der Waals surface area contributed by atoms with Gasteiger partial charge in [0, 0.05) is 25.8 Å². The summed E-state index contributed by atoms with van der Waals surface area (Å²) in [4.78, 5) is 27.5. The van der Waals surface area contributed by atoms with Gasteiger partial charge in [-0.2, -0.15) is 16.4 Å². The summed E-state index contributed by atoms with van der Waals surface area (Å²) in [6, 6.07) is 12.2. The molecule has 0 radical (unpaired) electrons. The van der Waals surface area contributed by atoms with E-state index in [1.807, 2.05) is 6.92 Å². The van der Waals surface area contributed by atoms with Crippen molar-refractivity contribution in [3.63, 3.8) is 0 Å². The van der Waals surface area contributed by atoms with E-state index in [0.29, 0.717) is 38.2 Å². The van der Waals surface area contributed by atoms with Crippen LogP contribution in [0.2, 0.25) is 0 Å². The maximum absolute atomic E-state index is 13.0. The monoisotopic (exact) mass is 408 g/mol. The second kappa shape index (κ2) is 8.21. The van der Waals surface area contributed by atoms with Crippen molar-refractivity contribution >= 4 is 23.2 Å². The first-order valence-corrected chi connectivity index (χ1v) is 10.7. The molecule has 2 aromatic heterocycles. The first-order valence-electron chi connectivity index (χ1n) is 9.80. The van der Waals surface area contributed by atoms with Gasteiger partial charge in [0.25, 0.3) is 5.91 Å². The van der Waals surface area contributed by atoms with Crippen LogP contribution in [0.15, 0.2) is 53.4 Å². The molecular weight excluding hydrogens is 384 g/mol. The Bertz CT molecular complexity index is 967. The molecule has 29 heavy (non-hydrogen) atoms. The van der Waals surface area contributed by atoms with Crippen LogP contribution in [0, 0.1) is 5.41 Å². The minimum atomic E-state index is -0.615. The maximum Gasteiger partial charge on any atom is 0.271 e. The second-order valence-electron chi connectivity index (χ2n) is 7.47. The third-order valence-corrected chi connectivity index (χ3v) is 6.23. The molecular formula is C22H24N4O2S. The average Bonchev–Trinajstić information content (AvgIpc) is 3.50. The molecule has 150 valence electrons. The number of amides is 2. The molecule has 1 atom stereocenters. The van der Waals surface area contributed by atoms with E-state index in [0.717, 1.165) is 5.56 Å². The zero-order chi connectivity index (χ0) is 20.3. The van der Waals surface area contributed by atoms with Gasteiger partial charge in [0.1, 0.15) is 5.69 Å². The Morgan fingerprint density at radius 1 is 1.21 bits per heavy atom. The van der Waals surface area contributed by atoms with E-state index < -0.39 is 5.41 Å². The van der Waals surface area contributed by atoms with Gasteiger partial charge in [-0.15, -0.1) is 0 Å². The summed E-state index contributed by atoms with van der Waals surface area (Å²) in [5.74, 6) is -0.0942. The molecule has 0 saturated carbocycles. The number of thiophene rings is 1. The summed E-state index contributed by atoms with van der Waals surface area (Å²) in [5, 5.41) is 13.8. The van der Waals surface area contributed by atoms with E-state index in [1.165, 1.54) is 11.1 Å². The van der Waals surface area contributed by atoms with Gasteiger partial charge in [-0.1, -0.05) is 24.3 Å². The minimum Gasteiger partial charge on any atom is -0.356 e. The van der Waals surface area contributed by atoms with E-state index in [-0.39, 0.29) is 11.8 Å². The van der Waals surface area contributed by atoms with Crippen molar-refractivity contribution in [2.45, 2.75) is 19.8 Å². The standard InChI is InChI=1S/C22H24N4O2S/c1-2-23-21(28)22(9-11-26(15-22)20(27)19-7-10-24-25-19)13-16-3-5-17(6-4-16)18-8-12-29-14-18/h3-8,10,12,14H,2,9,11,13,15H2,1H3,(H,23,28)(H,24,25)/t22-/m0/s1. The number of carbonyl (C=O) groups is 2. The van der Waals surface area contributed by atoms with Crippen LogP contribution in [0.3, 0.4) is 0 Å². The lowest BCUT2D eigenvalue weighted by Gasteiger charge is -2.28. The number of carbonyl (C=O) groups excluding carboxylic acids is 2. The lowest BCUT2D eigenvalue weighted by molar-refractivity contribution is -0.130. The van der Waals surface area contributed by atoms with Crippen LogP contribution in [0.25, 0.3) is 11.1 Å². The molecule has 3 aromatic rings. The Hall–Kier alpha value is -2.93. The molecule has 1 aliphatic heterocycles. The third-order valence-electron chi connectivity index (χ3n) is 5.54.